The average Bonchev–Trinajstić information content (AvgIpc) is 2.45. The highest BCUT2D eigenvalue weighted by Crippen LogP contribution is 2.22. The first-order chi connectivity index (χ1) is 6.17. The molecule has 0 N–H and O–H groups in total. The molecule has 0 fully saturated rings. The van der Waals surface area contributed by atoms with Gasteiger partial charge in [0.25, 0.3) is 0 Å². The van der Waals surface area contributed by atoms with E-state index in [1.807, 2.05) is 11.3 Å². The van der Waals surface area contributed by atoms with Crippen LogP contribution >= 0.6 is 24.0 Å². The number of thiazole rings is 1. The van der Waals surface area contributed by atoms with Crippen molar-refractivity contribution in [1.29, 1.82) is 0 Å². The summed E-state index contributed by atoms with van der Waals surface area (Å²) >= 11 is 6.13. The van der Waals surface area contributed by atoms with Crippen LogP contribution in [-0.4, -0.2) is 4.98 Å². The van der Waals surface area contributed by atoms with E-state index in [2.05, 4.69) is 38.4 Å². The molecule has 1 nitrogen and oxygen atoms in total. The molecule has 0 aliphatic carbocycles. The molecule has 3 heteroatoms. The van der Waals surface area contributed by atoms with Crippen molar-refractivity contribution in [2.75, 3.05) is 0 Å². The van der Waals surface area contributed by atoms with Gasteiger partial charge < -0.3 is 0 Å². The van der Waals surface area contributed by atoms with Crippen LogP contribution < -0.4 is 0 Å². The summed E-state index contributed by atoms with van der Waals surface area (Å²) in [5.41, 5.74) is 1.25. The fourth-order valence-corrected chi connectivity index (χ4v) is 2.88. The normalized spacial score (nSPS) is 11.2. The van der Waals surface area contributed by atoms with E-state index in [1.54, 1.807) is 0 Å². The van der Waals surface area contributed by atoms with Crippen LogP contribution in [0.1, 0.15) is 36.3 Å². The Morgan fingerprint density at radius 3 is 2.54 bits per heavy atom. The number of thiol groups is 1. The second kappa shape index (κ2) is 5.01. The summed E-state index contributed by atoms with van der Waals surface area (Å²) in [5, 5.41) is 1.27. The van der Waals surface area contributed by atoms with Crippen molar-refractivity contribution in [2.24, 2.45) is 5.92 Å². The van der Waals surface area contributed by atoms with E-state index >= 15 is 0 Å². The third kappa shape index (κ3) is 2.99. The molecule has 74 valence electrons. The summed E-state index contributed by atoms with van der Waals surface area (Å²) in [7, 11) is 0. The molecular weight excluding hydrogens is 198 g/mol. The van der Waals surface area contributed by atoms with Gasteiger partial charge in [-0.15, -0.1) is 11.3 Å². The van der Waals surface area contributed by atoms with Crippen molar-refractivity contribution in [3.63, 3.8) is 0 Å². The molecule has 1 heterocycles. The Morgan fingerprint density at radius 2 is 2.15 bits per heavy atom. The summed E-state index contributed by atoms with van der Waals surface area (Å²) in [6.45, 7) is 6.61. The summed E-state index contributed by atoms with van der Waals surface area (Å²) in [6.07, 6.45) is 2.13. The number of hydrogen-bond donors (Lipinski definition) is 1. The van der Waals surface area contributed by atoms with Gasteiger partial charge in [0.2, 0.25) is 0 Å². The molecule has 1 aromatic rings. The molecule has 0 saturated carbocycles. The van der Waals surface area contributed by atoms with Crippen LogP contribution in [0.15, 0.2) is 0 Å². The Labute approximate surface area is 90.0 Å². The number of aryl methyl sites for hydroxylation is 1. The lowest BCUT2D eigenvalue weighted by Gasteiger charge is -1.98. The Kier molecular flexibility index (Phi) is 4.26. The Hall–Kier alpha value is -0.0200. The average molecular weight is 215 g/mol. The maximum absolute atomic E-state index is 4.61. The van der Waals surface area contributed by atoms with Gasteiger partial charge in [0.05, 0.1) is 10.7 Å². The second-order valence-electron chi connectivity index (χ2n) is 3.59. The highest BCUT2D eigenvalue weighted by molar-refractivity contribution is 7.79. The van der Waals surface area contributed by atoms with Gasteiger partial charge in [0, 0.05) is 17.1 Å². The highest BCUT2D eigenvalue weighted by atomic mass is 32.1. The zero-order chi connectivity index (χ0) is 9.84. The molecule has 0 spiro atoms. The minimum atomic E-state index is 0.698. The number of aromatic nitrogens is 1. The maximum Gasteiger partial charge on any atom is 0.0933 e. The molecule has 0 aromatic carbocycles. The van der Waals surface area contributed by atoms with E-state index in [9.17, 15) is 0 Å². The van der Waals surface area contributed by atoms with Crippen molar-refractivity contribution in [2.45, 2.75) is 39.4 Å². The van der Waals surface area contributed by atoms with Gasteiger partial charge in [-0.25, -0.2) is 4.98 Å². The van der Waals surface area contributed by atoms with Crippen LogP contribution in [0.3, 0.4) is 0 Å². The number of rotatable bonds is 4. The minimum absolute atomic E-state index is 0.698. The molecule has 0 atom stereocenters. The smallest absolute Gasteiger partial charge is 0.0933 e. The maximum atomic E-state index is 4.61. The molecule has 0 unspecified atom stereocenters. The fraction of sp³-hybridized carbons (Fsp3) is 0.700. The molecule has 0 saturated heterocycles. The lowest BCUT2D eigenvalue weighted by molar-refractivity contribution is 0.643. The third-order valence-electron chi connectivity index (χ3n) is 1.88. The highest BCUT2D eigenvalue weighted by Gasteiger charge is 2.09. The number of nitrogens with zero attached hydrogens (tertiary/aromatic N) is 1. The van der Waals surface area contributed by atoms with Gasteiger partial charge in [0.1, 0.15) is 0 Å². The van der Waals surface area contributed by atoms with Crippen molar-refractivity contribution >= 4 is 24.0 Å². The van der Waals surface area contributed by atoms with Crippen molar-refractivity contribution in [1.82, 2.24) is 4.98 Å². The van der Waals surface area contributed by atoms with Crippen LogP contribution in [0, 0.1) is 5.92 Å². The molecule has 0 bridgehead atoms. The van der Waals surface area contributed by atoms with E-state index < -0.39 is 0 Å². The minimum Gasteiger partial charge on any atom is -0.246 e. The molecule has 0 amide bonds. The topological polar surface area (TPSA) is 12.9 Å². The monoisotopic (exact) mass is 215 g/mol. The fourth-order valence-electron chi connectivity index (χ4n) is 1.27. The van der Waals surface area contributed by atoms with Gasteiger partial charge in [-0.3, -0.25) is 0 Å². The Morgan fingerprint density at radius 1 is 1.46 bits per heavy atom. The van der Waals surface area contributed by atoms with Crippen LogP contribution in [0.25, 0.3) is 0 Å². The first-order valence-electron chi connectivity index (χ1n) is 4.75. The van der Waals surface area contributed by atoms with Crippen LogP contribution in [0.2, 0.25) is 0 Å². The molecule has 0 aliphatic heterocycles. The lowest BCUT2D eigenvalue weighted by Crippen LogP contribution is -1.93. The van der Waals surface area contributed by atoms with Crippen LogP contribution in [-0.2, 0) is 18.6 Å². The predicted molar refractivity (Wildman–Crippen MR) is 62.7 cm³/mol. The van der Waals surface area contributed by atoms with Crippen molar-refractivity contribution in [3.8, 4) is 0 Å². The molecule has 0 radical (unpaired) electrons. The van der Waals surface area contributed by atoms with Gasteiger partial charge in [0.15, 0.2) is 0 Å². The summed E-state index contributed by atoms with van der Waals surface area (Å²) in [6, 6.07) is 0. The quantitative estimate of drug-likeness (QED) is 0.760. The zero-order valence-corrected chi connectivity index (χ0v) is 10.2. The van der Waals surface area contributed by atoms with Gasteiger partial charge in [-0.2, -0.15) is 12.6 Å². The molecule has 0 aliphatic rings. The first kappa shape index (κ1) is 11.1. The lowest BCUT2D eigenvalue weighted by atomic mass is 10.1. The molecule has 1 aromatic heterocycles. The largest absolute Gasteiger partial charge is 0.246 e. The SMILES string of the molecule is CCc1nc(CC(C)C)sc1CS. The number of hydrogen-bond acceptors (Lipinski definition) is 3. The van der Waals surface area contributed by atoms with Crippen LogP contribution in [0.5, 0.6) is 0 Å². The van der Waals surface area contributed by atoms with Crippen molar-refractivity contribution < 1.29 is 0 Å². The van der Waals surface area contributed by atoms with Crippen LogP contribution in [0.4, 0.5) is 0 Å². The first-order valence-corrected chi connectivity index (χ1v) is 6.20. The zero-order valence-electron chi connectivity index (χ0n) is 8.50. The van der Waals surface area contributed by atoms with Gasteiger partial charge >= 0.3 is 0 Å². The Balaban J connectivity index is 2.80. The third-order valence-corrected chi connectivity index (χ3v) is 3.53. The van der Waals surface area contributed by atoms with Gasteiger partial charge in [-0.05, 0) is 12.3 Å². The molecule has 1 rings (SSSR count). The summed E-state index contributed by atoms with van der Waals surface area (Å²) < 4.78 is 0. The van der Waals surface area contributed by atoms with Gasteiger partial charge in [-0.1, -0.05) is 20.8 Å². The predicted octanol–water partition coefficient (Wildman–Crippen LogP) is 3.33. The molecule has 13 heavy (non-hydrogen) atoms. The van der Waals surface area contributed by atoms with Crippen molar-refractivity contribution in [3.05, 3.63) is 15.6 Å². The van der Waals surface area contributed by atoms with E-state index in [4.69, 9.17) is 0 Å². The molecular formula is C10H17NS2. The summed E-state index contributed by atoms with van der Waals surface area (Å²) in [4.78, 5) is 5.96. The summed E-state index contributed by atoms with van der Waals surface area (Å²) in [5.74, 6) is 1.53. The van der Waals surface area contributed by atoms with E-state index in [-0.39, 0.29) is 0 Å². The standard InChI is InChI=1S/C10H17NS2/c1-4-8-9(6-12)13-10(11-8)5-7(2)3/h7,12H,4-6H2,1-3H3. The van der Waals surface area contributed by atoms with E-state index in [1.165, 1.54) is 15.6 Å². The Bertz CT molecular complexity index is 244. The van der Waals surface area contributed by atoms with E-state index in [0.717, 1.165) is 18.6 Å². The second-order valence-corrected chi connectivity index (χ2v) is 5.07. The van der Waals surface area contributed by atoms with E-state index in [0.29, 0.717) is 5.92 Å².